The topological polar surface area (TPSA) is 114 Å². The normalized spacial score (nSPS) is 18.8. The summed E-state index contributed by atoms with van der Waals surface area (Å²) in [5, 5.41) is 17.1. The number of nitrogens with zero attached hydrogens (tertiary/aromatic N) is 2. The lowest BCUT2D eigenvalue weighted by atomic mass is 10.2. The second kappa shape index (κ2) is 10.7. The average molecular weight is 496 g/mol. The van der Waals surface area contributed by atoms with E-state index < -0.39 is 14.8 Å². The number of unbranched alkanes of at least 4 members (excludes halogenated alkanes) is 1. The van der Waals surface area contributed by atoms with E-state index >= 15 is 0 Å². The molecule has 1 saturated heterocycles. The highest BCUT2D eigenvalue weighted by Crippen LogP contribution is 2.13. The number of guanidine groups is 1. The molecule has 0 bridgehead atoms. The number of nitro groups is 1. The summed E-state index contributed by atoms with van der Waals surface area (Å²) in [6.07, 6.45) is 2.61. The quantitative estimate of drug-likeness (QED) is 0.150. The van der Waals surface area contributed by atoms with E-state index in [0.29, 0.717) is 18.9 Å². The van der Waals surface area contributed by atoms with Crippen molar-refractivity contribution in [1.29, 1.82) is 0 Å². The summed E-state index contributed by atoms with van der Waals surface area (Å²) >= 11 is 0. The van der Waals surface area contributed by atoms with E-state index in [1.54, 1.807) is 12.1 Å². The standard InChI is InChI=1S/C16H24N4O4S.HI/c1-2-3-9-17-16(19-14-8-10-25(23,24)12-14)18-11-13-4-6-15(7-5-13)20(21)22;/h4-7,14H,2-3,8-12H2,1H3,(H2,17,18,19);1H. The third-order valence-electron chi connectivity index (χ3n) is 3.96. The van der Waals surface area contributed by atoms with Gasteiger partial charge in [-0.2, -0.15) is 0 Å². The third-order valence-corrected chi connectivity index (χ3v) is 5.73. The molecule has 0 aliphatic carbocycles. The highest BCUT2D eigenvalue weighted by molar-refractivity contribution is 14.0. The smallest absolute Gasteiger partial charge is 0.269 e. The van der Waals surface area contributed by atoms with Crippen molar-refractivity contribution in [1.82, 2.24) is 10.6 Å². The number of non-ortho nitro benzene ring substituents is 1. The number of halogens is 1. The highest BCUT2D eigenvalue weighted by atomic mass is 127. The number of hydrogen-bond acceptors (Lipinski definition) is 5. The van der Waals surface area contributed by atoms with Gasteiger partial charge in [0, 0.05) is 24.7 Å². The first-order valence-electron chi connectivity index (χ1n) is 8.38. The van der Waals surface area contributed by atoms with Crippen molar-refractivity contribution in [3.8, 4) is 0 Å². The fourth-order valence-corrected chi connectivity index (χ4v) is 4.21. The highest BCUT2D eigenvalue weighted by Gasteiger charge is 2.28. The molecule has 0 aromatic heterocycles. The minimum absolute atomic E-state index is 0. The van der Waals surface area contributed by atoms with Gasteiger partial charge in [-0.1, -0.05) is 25.5 Å². The van der Waals surface area contributed by atoms with Crippen LogP contribution in [-0.2, 0) is 16.4 Å². The first kappa shape index (κ1) is 22.6. The van der Waals surface area contributed by atoms with Crippen molar-refractivity contribution in [3.05, 3.63) is 39.9 Å². The van der Waals surface area contributed by atoms with Crippen LogP contribution in [0.1, 0.15) is 31.7 Å². The Labute approximate surface area is 170 Å². The Morgan fingerprint density at radius 1 is 1.35 bits per heavy atom. The fourth-order valence-electron chi connectivity index (χ4n) is 2.53. The molecular weight excluding hydrogens is 471 g/mol. The Hall–Kier alpha value is -1.43. The summed E-state index contributed by atoms with van der Waals surface area (Å²) in [7, 11) is -2.96. The van der Waals surface area contributed by atoms with Crippen LogP contribution in [0.15, 0.2) is 29.3 Å². The Bertz CT molecular complexity index is 722. The molecule has 1 aliphatic rings. The molecule has 1 aliphatic heterocycles. The molecular formula is C16H25IN4O4S. The molecule has 146 valence electrons. The van der Waals surface area contributed by atoms with Gasteiger partial charge in [-0.25, -0.2) is 13.4 Å². The van der Waals surface area contributed by atoms with Crippen molar-refractivity contribution in [2.45, 2.75) is 38.8 Å². The van der Waals surface area contributed by atoms with Crippen molar-refractivity contribution in [3.63, 3.8) is 0 Å². The van der Waals surface area contributed by atoms with E-state index in [-0.39, 0.29) is 47.2 Å². The van der Waals surface area contributed by atoms with Crippen LogP contribution < -0.4 is 10.6 Å². The Balaban J connectivity index is 0.00000338. The van der Waals surface area contributed by atoms with Crippen molar-refractivity contribution < 1.29 is 13.3 Å². The van der Waals surface area contributed by atoms with Crippen LogP contribution in [0.25, 0.3) is 0 Å². The molecule has 1 aromatic rings. The van der Waals surface area contributed by atoms with Crippen LogP contribution in [0.3, 0.4) is 0 Å². The van der Waals surface area contributed by atoms with E-state index in [0.717, 1.165) is 24.9 Å². The van der Waals surface area contributed by atoms with Gasteiger partial charge in [0.25, 0.3) is 5.69 Å². The molecule has 0 saturated carbocycles. The van der Waals surface area contributed by atoms with Crippen LogP contribution in [0.5, 0.6) is 0 Å². The van der Waals surface area contributed by atoms with Gasteiger partial charge in [0.1, 0.15) is 0 Å². The third kappa shape index (κ3) is 7.44. The van der Waals surface area contributed by atoms with E-state index in [9.17, 15) is 18.5 Å². The molecule has 0 spiro atoms. The second-order valence-electron chi connectivity index (χ2n) is 6.11. The molecule has 1 heterocycles. The minimum atomic E-state index is -2.96. The van der Waals surface area contributed by atoms with Crippen LogP contribution >= 0.6 is 24.0 Å². The lowest BCUT2D eigenvalue weighted by Gasteiger charge is -2.16. The van der Waals surface area contributed by atoms with Crippen molar-refractivity contribution in [2.75, 3.05) is 18.1 Å². The van der Waals surface area contributed by atoms with E-state index in [4.69, 9.17) is 0 Å². The molecule has 8 nitrogen and oxygen atoms in total. The SMILES string of the molecule is CCCCNC(=NCc1ccc([N+](=O)[O-])cc1)NC1CCS(=O)(=O)C1.I. The Kier molecular flexibility index (Phi) is 9.27. The largest absolute Gasteiger partial charge is 0.356 e. The molecule has 1 fully saturated rings. The number of nitro benzene ring substituents is 1. The summed E-state index contributed by atoms with van der Waals surface area (Å²) in [6.45, 7) is 3.20. The first-order valence-corrected chi connectivity index (χ1v) is 10.2. The summed E-state index contributed by atoms with van der Waals surface area (Å²) in [5.41, 5.74) is 0.893. The number of sulfone groups is 1. The summed E-state index contributed by atoms with van der Waals surface area (Å²) < 4.78 is 23.2. The zero-order valence-corrected chi connectivity index (χ0v) is 17.8. The van der Waals surface area contributed by atoms with Crippen LogP contribution in [0.2, 0.25) is 0 Å². The lowest BCUT2D eigenvalue weighted by molar-refractivity contribution is -0.384. The number of rotatable bonds is 7. The maximum atomic E-state index is 11.6. The Morgan fingerprint density at radius 3 is 2.58 bits per heavy atom. The number of benzene rings is 1. The van der Waals surface area contributed by atoms with E-state index in [1.165, 1.54) is 12.1 Å². The van der Waals surface area contributed by atoms with E-state index in [2.05, 4.69) is 22.5 Å². The number of hydrogen-bond donors (Lipinski definition) is 2. The molecule has 26 heavy (non-hydrogen) atoms. The van der Waals surface area contributed by atoms with Gasteiger partial charge in [-0.05, 0) is 18.4 Å². The fraction of sp³-hybridized carbons (Fsp3) is 0.562. The molecule has 2 rings (SSSR count). The lowest BCUT2D eigenvalue weighted by Crippen LogP contribution is -2.44. The maximum absolute atomic E-state index is 11.6. The van der Waals surface area contributed by atoms with Gasteiger partial charge < -0.3 is 10.6 Å². The molecule has 10 heteroatoms. The van der Waals surface area contributed by atoms with E-state index in [1.807, 2.05) is 0 Å². The zero-order chi connectivity index (χ0) is 18.3. The first-order chi connectivity index (χ1) is 11.9. The van der Waals surface area contributed by atoms with Crippen LogP contribution in [0, 0.1) is 10.1 Å². The zero-order valence-electron chi connectivity index (χ0n) is 14.7. The van der Waals surface area contributed by atoms with Gasteiger partial charge in [0.05, 0.1) is 23.0 Å². The van der Waals surface area contributed by atoms with Gasteiger partial charge in [-0.3, -0.25) is 10.1 Å². The van der Waals surface area contributed by atoms with Crippen LogP contribution in [-0.4, -0.2) is 43.4 Å². The molecule has 1 aromatic carbocycles. The number of nitrogens with one attached hydrogen (secondary N) is 2. The molecule has 1 atom stereocenters. The van der Waals surface area contributed by atoms with Gasteiger partial charge >= 0.3 is 0 Å². The monoisotopic (exact) mass is 496 g/mol. The van der Waals surface area contributed by atoms with Crippen molar-refractivity contribution >= 4 is 45.5 Å². The molecule has 1 unspecified atom stereocenters. The second-order valence-corrected chi connectivity index (χ2v) is 8.34. The molecule has 2 N–H and O–H groups in total. The van der Waals surface area contributed by atoms with Crippen LogP contribution in [0.4, 0.5) is 5.69 Å². The Morgan fingerprint density at radius 2 is 2.04 bits per heavy atom. The average Bonchev–Trinajstić information content (AvgIpc) is 2.91. The summed E-state index contributed by atoms with van der Waals surface area (Å²) in [6, 6.07) is 6.11. The van der Waals surface area contributed by atoms with Gasteiger partial charge in [0.2, 0.25) is 0 Å². The summed E-state index contributed by atoms with van der Waals surface area (Å²) in [5.74, 6) is 0.905. The number of aliphatic imine (C=N–C) groups is 1. The van der Waals surface area contributed by atoms with Gasteiger partial charge in [0.15, 0.2) is 15.8 Å². The predicted molar refractivity (Wildman–Crippen MR) is 113 cm³/mol. The summed E-state index contributed by atoms with van der Waals surface area (Å²) in [4.78, 5) is 14.7. The predicted octanol–water partition coefficient (Wildman–Crippen LogP) is 2.24. The molecule has 0 amide bonds. The van der Waals surface area contributed by atoms with Gasteiger partial charge in [-0.15, -0.1) is 24.0 Å². The molecule has 0 radical (unpaired) electrons. The van der Waals surface area contributed by atoms with Crippen molar-refractivity contribution in [2.24, 2.45) is 4.99 Å². The maximum Gasteiger partial charge on any atom is 0.269 e. The minimum Gasteiger partial charge on any atom is -0.356 e.